The molecule has 1 aliphatic rings. The van der Waals surface area contributed by atoms with Crippen LogP contribution in [0.25, 0.3) is 0 Å². The summed E-state index contributed by atoms with van der Waals surface area (Å²) in [5, 5.41) is 5.86. The fourth-order valence-electron chi connectivity index (χ4n) is 2.92. The van der Waals surface area contributed by atoms with Crippen LogP contribution in [0.3, 0.4) is 0 Å². The van der Waals surface area contributed by atoms with Crippen molar-refractivity contribution in [2.75, 3.05) is 13.1 Å². The highest BCUT2D eigenvalue weighted by Crippen LogP contribution is 2.20. The molecule has 18 heavy (non-hydrogen) atoms. The molecule has 0 aliphatic carbocycles. The third-order valence-electron chi connectivity index (χ3n) is 4.15. The molecule has 2 heterocycles. The summed E-state index contributed by atoms with van der Waals surface area (Å²) in [5.74, 6) is 0. The minimum absolute atomic E-state index is 0.657. The van der Waals surface area contributed by atoms with Crippen LogP contribution in [0, 0.1) is 0 Å². The van der Waals surface area contributed by atoms with E-state index in [-0.39, 0.29) is 0 Å². The van der Waals surface area contributed by atoms with Gasteiger partial charge in [-0.2, -0.15) is 0 Å². The van der Waals surface area contributed by atoms with E-state index < -0.39 is 0 Å². The fraction of sp³-hybridized carbons (Fsp3) is 0.733. The second-order valence-electron chi connectivity index (χ2n) is 5.40. The highest BCUT2D eigenvalue weighted by molar-refractivity contribution is 7.09. The smallest absolute Gasteiger partial charge is 0.0221 e. The second kappa shape index (κ2) is 6.69. The van der Waals surface area contributed by atoms with E-state index in [1.165, 1.54) is 30.7 Å². The zero-order valence-corrected chi connectivity index (χ0v) is 12.7. The first-order chi connectivity index (χ1) is 8.74. The number of rotatable bonds is 5. The maximum absolute atomic E-state index is 3.67. The van der Waals surface area contributed by atoms with Crippen LogP contribution in [0.5, 0.6) is 0 Å². The molecule has 102 valence electrons. The molecule has 1 N–H and O–H groups in total. The quantitative estimate of drug-likeness (QED) is 0.881. The Hall–Kier alpha value is -0.380. The summed E-state index contributed by atoms with van der Waals surface area (Å²) in [6, 6.07) is 6.48. The van der Waals surface area contributed by atoms with Crippen molar-refractivity contribution in [2.45, 2.75) is 58.2 Å². The maximum Gasteiger partial charge on any atom is 0.0221 e. The summed E-state index contributed by atoms with van der Waals surface area (Å²) in [7, 11) is 0. The molecule has 3 atom stereocenters. The molecular weight excluding hydrogens is 240 g/mol. The summed E-state index contributed by atoms with van der Waals surface area (Å²) in [4.78, 5) is 4.24. The lowest BCUT2D eigenvalue weighted by Gasteiger charge is -2.43. The largest absolute Gasteiger partial charge is 0.311 e. The predicted octanol–water partition coefficient (Wildman–Crippen LogP) is 3.14. The molecule has 1 saturated heterocycles. The fourth-order valence-corrected chi connectivity index (χ4v) is 3.74. The van der Waals surface area contributed by atoms with Crippen LogP contribution in [-0.4, -0.2) is 36.1 Å². The Balaban J connectivity index is 1.98. The van der Waals surface area contributed by atoms with E-state index in [0.29, 0.717) is 18.1 Å². The molecule has 1 aromatic heterocycles. The Morgan fingerprint density at radius 1 is 1.44 bits per heavy atom. The molecule has 2 rings (SSSR count). The van der Waals surface area contributed by atoms with Gasteiger partial charge in [0.05, 0.1) is 0 Å². The maximum atomic E-state index is 3.67. The van der Waals surface area contributed by atoms with E-state index in [9.17, 15) is 0 Å². The first kappa shape index (κ1) is 14.0. The standard InChI is InChI=1S/C15H26N2S/c1-4-13-11-17(14(5-2)10-16-13)12(3)9-15-7-6-8-18-15/h6-8,12-14,16H,4-5,9-11H2,1-3H3. The van der Waals surface area contributed by atoms with E-state index in [2.05, 4.69) is 48.5 Å². The van der Waals surface area contributed by atoms with Gasteiger partial charge in [-0.25, -0.2) is 0 Å². The molecule has 1 aromatic rings. The topological polar surface area (TPSA) is 15.3 Å². The Bertz CT molecular complexity index is 336. The number of piperazine rings is 1. The van der Waals surface area contributed by atoms with Gasteiger partial charge in [0.1, 0.15) is 0 Å². The lowest BCUT2D eigenvalue weighted by Crippen LogP contribution is -2.58. The van der Waals surface area contributed by atoms with Crippen molar-refractivity contribution in [2.24, 2.45) is 0 Å². The first-order valence-electron chi connectivity index (χ1n) is 7.26. The second-order valence-corrected chi connectivity index (χ2v) is 6.44. The zero-order valence-electron chi connectivity index (χ0n) is 11.9. The molecular formula is C15H26N2S. The Kier molecular flexibility index (Phi) is 5.22. The van der Waals surface area contributed by atoms with E-state index in [4.69, 9.17) is 0 Å². The van der Waals surface area contributed by atoms with Gasteiger partial charge >= 0.3 is 0 Å². The zero-order chi connectivity index (χ0) is 13.0. The van der Waals surface area contributed by atoms with Crippen molar-refractivity contribution in [3.8, 4) is 0 Å². The van der Waals surface area contributed by atoms with E-state index in [1.54, 1.807) is 0 Å². The number of hydrogen-bond acceptors (Lipinski definition) is 3. The van der Waals surface area contributed by atoms with Crippen molar-refractivity contribution < 1.29 is 0 Å². The van der Waals surface area contributed by atoms with Crippen molar-refractivity contribution in [1.82, 2.24) is 10.2 Å². The molecule has 1 aliphatic heterocycles. The average Bonchev–Trinajstić information content (AvgIpc) is 2.90. The van der Waals surface area contributed by atoms with Gasteiger partial charge in [-0.1, -0.05) is 19.9 Å². The molecule has 0 bridgehead atoms. The third kappa shape index (κ3) is 3.34. The van der Waals surface area contributed by atoms with Crippen LogP contribution in [0.4, 0.5) is 0 Å². The highest BCUT2D eigenvalue weighted by Gasteiger charge is 2.29. The SMILES string of the molecule is CCC1CN(C(C)Cc2cccs2)C(CC)CN1. The van der Waals surface area contributed by atoms with Gasteiger partial charge in [0.25, 0.3) is 0 Å². The van der Waals surface area contributed by atoms with Crippen LogP contribution >= 0.6 is 11.3 Å². The molecule has 3 heteroatoms. The Morgan fingerprint density at radius 3 is 2.89 bits per heavy atom. The van der Waals surface area contributed by atoms with Gasteiger partial charge < -0.3 is 5.32 Å². The lowest BCUT2D eigenvalue weighted by molar-refractivity contribution is 0.0855. The molecule has 2 nitrogen and oxygen atoms in total. The third-order valence-corrected chi connectivity index (χ3v) is 5.05. The number of nitrogens with zero attached hydrogens (tertiary/aromatic N) is 1. The minimum atomic E-state index is 0.657. The van der Waals surface area contributed by atoms with Crippen molar-refractivity contribution in [1.29, 1.82) is 0 Å². The molecule has 1 fully saturated rings. The van der Waals surface area contributed by atoms with Crippen LogP contribution in [0.15, 0.2) is 17.5 Å². The van der Waals surface area contributed by atoms with E-state index >= 15 is 0 Å². The van der Waals surface area contributed by atoms with E-state index in [0.717, 1.165) is 6.54 Å². The molecule has 0 spiro atoms. The lowest BCUT2D eigenvalue weighted by atomic mass is 10.0. The first-order valence-corrected chi connectivity index (χ1v) is 8.14. The minimum Gasteiger partial charge on any atom is -0.311 e. The van der Waals surface area contributed by atoms with Gasteiger partial charge in [0, 0.05) is 36.1 Å². The highest BCUT2D eigenvalue weighted by atomic mass is 32.1. The van der Waals surface area contributed by atoms with Gasteiger partial charge in [-0.15, -0.1) is 11.3 Å². The summed E-state index contributed by atoms with van der Waals surface area (Å²) in [5.41, 5.74) is 0. The van der Waals surface area contributed by atoms with Crippen molar-refractivity contribution >= 4 is 11.3 Å². The summed E-state index contributed by atoms with van der Waals surface area (Å²) in [6.45, 7) is 9.35. The number of hydrogen-bond donors (Lipinski definition) is 1. The predicted molar refractivity (Wildman–Crippen MR) is 80.4 cm³/mol. The summed E-state index contributed by atoms with van der Waals surface area (Å²) >= 11 is 1.89. The average molecular weight is 266 g/mol. The van der Waals surface area contributed by atoms with Crippen LogP contribution < -0.4 is 5.32 Å². The Labute approximate surface area is 115 Å². The number of thiophene rings is 1. The van der Waals surface area contributed by atoms with Gasteiger partial charge in [0.2, 0.25) is 0 Å². The number of nitrogens with one attached hydrogen (secondary N) is 1. The van der Waals surface area contributed by atoms with Gasteiger partial charge in [-0.3, -0.25) is 4.90 Å². The van der Waals surface area contributed by atoms with Crippen LogP contribution in [0.1, 0.15) is 38.5 Å². The van der Waals surface area contributed by atoms with Gasteiger partial charge in [-0.05, 0) is 37.6 Å². The summed E-state index contributed by atoms with van der Waals surface area (Å²) in [6.07, 6.45) is 3.68. The summed E-state index contributed by atoms with van der Waals surface area (Å²) < 4.78 is 0. The van der Waals surface area contributed by atoms with Gasteiger partial charge in [0.15, 0.2) is 0 Å². The Morgan fingerprint density at radius 2 is 2.28 bits per heavy atom. The van der Waals surface area contributed by atoms with E-state index in [1.807, 2.05) is 11.3 Å². The molecule has 0 aromatic carbocycles. The monoisotopic (exact) mass is 266 g/mol. The molecule has 0 saturated carbocycles. The van der Waals surface area contributed by atoms with Crippen molar-refractivity contribution in [3.05, 3.63) is 22.4 Å². The van der Waals surface area contributed by atoms with Crippen LogP contribution in [-0.2, 0) is 6.42 Å². The van der Waals surface area contributed by atoms with Crippen molar-refractivity contribution in [3.63, 3.8) is 0 Å². The normalized spacial score (nSPS) is 27.3. The van der Waals surface area contributed by atoms with Crippen LogP contribution in [0.2, 0.25) is 0 Å². The molecule has 0 amide bonds. The molecule has 3 unspecified atom stereocenters. The molecule has 0 radical (unpaired) electrons.